The summed E-state index contributed by atoms with van der Waals surface area (Å²) in [5, 5.41) is 13.8. The van der Waals surface area contributed by atoms with Crippen LogP contribution in [0.3, 0.4) is 0 Å². The Labute approximate surface area is 123 Å². The van der Waals surface area contributed by atoms with Gasteiger partial charge in [0.25, 0.3) is 5.69 Å². The summed E-state index contributed by atoms with van der Waals surface area (Å²) in [6, 6.07) is 4.82. The zero-order valence-electron chi connectivity index (χ0n) is 12.2. The molecule has 1 saturated carbocycles. The Morgan fingerprint density at radius 2 is 2.19 bits per heavy atom. The molecule has 114 valence electrons. The van der Waals surface area contributed by atoms with Crippen LogP contribution >= 0.6 is 0 Å². The van der Waals surface area contributed by atoms with Crippen molar-refractivity contribution in [2.45, 2.75) is 39.0 Å². The number of nitrogens with one attached hydrogen (secondary N) is 1. The van der Waals surface area contributed by atoms with Gasteiger partial charge in [0.1, 0.15) is 0 Å². The fourth-order valence-electron chi connectivity index (χ4n) is 2.79. The maximum Gasteiger partial charge on any atom is 0.274 e. The van der Waals surface area contributed by atoms with Gasteiger partial charge in [-0.05, 0) is 37.3 Å². The van der Waals surface area contributed by atoms with E-state index in [-0.39, 0.29) is 17.0 Å². The van der Waals surface area contributed by atoms with E-state index in [4.69, 9.17) is 5.73 Å². The minimum absolute atomic E-state index is 0.0486. The van der Waals surface area contributed by atoms with Crippen LogP contribution in [0.4, 0.5) is 11.4 Å². The molecule has 6 nitrogen and oxygen atoms in total. The summed E-state index contributed by atoms with van der Waals surface area (Å²) in [4.78, 5) is 22.7. The van der Waals surface area contributed by atoms with Gasteiger partial charge in [0.2, 0.25) is 5.91 Å². The molecule has 0 saturated heterocycles. The second-order valence-corrected chi connectivity index (χ2v) is 5.74. The van der Waals surface area contributed by atoms with Gasteiger partial charge in [0, 0.05) is 23.7 Å². The van der Waals surface area contributed by atoms with Crippen molar-refractivity contribution in [2.24, 2.45) is 11.1 Å². The zero-order valence-corrected chi connectivity index (χ0v) is 12.2. The van der Waals surface area contributed by atoms with Crippen LogP contribution in [0, 0.1) is 15.5 Å². The standard InChI is InChI=1S/C15H21N3O3/c1-2-11-4-5-12(8-13(11)18(20)21)17-14(19)9-15(10-16)6-3-7-15/h4-5,8H,2-3,6-7,9-10,16H2,1H3,(H,17,19). The monoisotopic (exact) mass is 291 g/mol. The van der Waals surface area contributed by atoms with Crippen LogP contribution < -0.4 is 11.1 Å². The summed E-state index contributed by atoms with van der Waals surface area (Å²) >= 11 is 0. The maximum atomic E-state index is 12.1. The second kappa shape index (κ2) is 6.22. The second-order valence-electron chi connectivity index (χ2n) is 5.74. The third-order valence-corrected chi connectivity index (χ3v) is 4.33. The van der Waals surface area contributed by atoms with E-state index < -0.39 is 4.92 Å². The van der Waals surface area contributed by atoms with Gasteiger partial charge in [-0.1, -0.05) is 19.4 Å². The normalized spacial score (nSPS) is 16.1. The molecular formula is C15H21N3O3. The summed E-state index contributed by atoms with van der Waals surface area (Å²) in [7, 11) is 0. The summed E-state index contributed by atoms with van der Waals surface area (Å²) in [6.07, 6.45) is 4.03. The lowest BCUT2D eigenvalue weighted by Crippen LogP contribution is -2.40. The van der Waals surface area contributed by atoms with Crippen molar-refractivity contribution in [2.75, 3.05) is 11.9 Å². The van der Waals surface area contributed by atoms with Crippen LogP contribution in [0.2, 0.25) is 0 Å². The molecule has 1 aliphatic rings. The lowest BCUT2D eigenvalue weighted by molar-refractivity contribution is -0.385. The Morgan fingerprint density at radius 1 is 1.48 bits per heavy atom. The Bertz CT molecular complexity index is 548. The molecule has 1 aromatic rings. The van der Waals surface area contributed by atoms with Crippen LogP contribution in [0.5, 0.6) is 0 Å². The maximum absolute atomic E-state index is 12.1. The largest absolute Gasteiger partial charge is 0.330 e. The topological polar surface area (TPSA) is 98.3 Å². The fourth-order valence-corrected chi connectivity index (χ4v) is 2.79. The van der Waals surface area contributed by atoms with Gasteiger partial charge >= 0.3 is 0 Å². The van der Waals surface area contributed by atoms with E-state index in [0.717, 1.165) is 19.3 Å². The molecule has 2 rings (SSSR count). The van der Waals surface area contributed by atoms with Crippen molar-refractivity contribution >= 4 is 17.3 Å². The SMILES string of the molecule is CCc1ccc(NC(=O)CC2(CN)CCC2)cc1[N+](=O)[O-]. The van der Waals surface area contributed by atoms with Gasteiger partial charge < -0.3 is 11.1 Å². The first-order valence-electron chi connectivity index (χ1n) is 7.27. The molecule has 0 radical (unpaired) electrons. The molecule has 1 fully saturated rings. The molecule has 0 bridgehead atoms. The smallest absolute Gasteiger partial charge is 0.274 e. The number of amides is 1. The molecule has 21 heavy (non-hydrogen) atoms. The Balaban J connectivity index is 2.07. The summed E-state index contributed by atoms with van der Waals surface area (Å²) in [5.74, 6) is -0.126. The van der Waals surface area contributed by atoms with E-state index >= 15 is 0 Å². The van der Waals surface area contributed by atoms with Gasteiger partial charge in [0.15, 0.2) is 0 Å². The molecule has 1 aromatic carbocycles. The fraction of sp³-hybridized carbons (Fsp3) is 0.533. The first kappa shape index (κ1) is 15.4. The number of benzene rings is 1. The lowest BCUT2D eigenvalue weighted by atomic mass is 9.66. The zero-order chi connectivity index (χ0) is 15.5. The minimum Gasteiger partial charge on any atom is -0.330 e. The van der Waals surface area contributed by atoms with Gasteiger partial charge in [-0.25, -0.2) is 0 Å². The van der Waals surface area contributed by atoms with E-state index in [1.165, 1.54) is 6.07 Å². The average molecular weight is 291 g/mol. The number of hydrogen-bond donors (Lipinski definition) is 2. The van der Waals surface area contributed by atoms with Crippen LogP contribution in [0.25, 0.3) is 0 Å². The predicted molar refractivity (Wildman–Crippen MR) is 81.1 cm³/mol. The van der Waals surface area contributed by atoms with Crippen LogP contribution in [-0.2, 0) is 11.2 Å². The van der Waals surface area contributed by atoms with Crippen molar-refractivity contribution in [3.63, 3.8) is 0 Å². The highest BCUT2D eigenvalue weighted by Crippen LogP contribution is 2.43. The van der Waals surface area contributed by atoms with E-state index in [1.807, 2.05) is 6.92 Å². The first-order valence-corrected chi connectivity index (χ1v) is 7.27. The molecule has 1 aliphatic carbocycles. The lowest BCUT2D eigenvalue weighted by Gasteiger charge is -2.40. The third-order valence-electron chi connectivity index (χ3n) is 4.33. The van der Waals surface area contributed by atoms with Crippen molar-refractivity contribution in [3.8, 4) is 0 Å². The minimum atomic E-state index is -0.415. The Hall–Kier alpha value is -1.95. The van der Waals surface area contributed by atoms with Gasteiger partial charge in [0.05, 0.1) is 4.92 Å². The molecule has 6 heteroatoms. The third kappa shape index (κ3) is 3.39. The van der Waals surface area contributed by atoms with E-state index in [0.29, 0.717) is 30.6 Å². The number of hydrogen-bond acceptors (Lipinski definition) is 4. The van der Waals surface area contributed by atoms with Crippen molar-refractivity contribution < 1.29 is 9.72 Å². The van der Waals surface area contributed by atoms with Crippen LogP contribution in [0.1, 0.15) is 38.2 Å². The number of carbonyl (C=O) groups excluding carboxylic acids is 1. The summed E-state index contributed by atoms with van der Waals surface area (Å²) in [5.41, 5.74) is 6.85. The summed E-state index contributed by atoms with van der Waals surface area (Å²) in [6.45, 7) is 2.37. The van der Waals surface area contributed by atoms with Gasteiger partial charge in [-0.3, -0.25) is 14.9 Å². The molecule has 3 N–H and O–H groups in total. The quantitative estimate of drug-likeness (QED) is 0.621. The molecule has 0 aromatic heterocycles. The van der Waals surface area contributed by atoms with Gasteiger partial charge in [-0.15, -0.1) is 0 Å². The van der Waals surface area contributed by atoms with Crippen molar-refractivity contribution in [1.82, 2.24) is 0 Å². The number of rotatable bonds is 6. The highest BCUT2D eigenvalue weighted by atomic mass is 16.6. The van der Waals surface area contributed by atoms with E-state index in [9.17, 15) is 14.9 Å². The molecule has 0 atom stereocenters. The molecule has 0 spiro atoms. The highest BCUT2D eigenvalue weighted by Gasteiger charge is 2.37. The molecule has 1 amide bonds. The van der Waals surface area contributed by atoms with Crippen molar-refractivity contribution in [1.29, 1.82) is 0 Å². The number of nitrogens with zero attached hydrogens (tertiary/aromatic N) is 1. The molecule has 0 heterocycles. The van der Waals surface area contributed by atoms with Crippen LogP contribution in [-0.4, -0.2) is 17.4 Å². The number of nitro benzene ring substituents is 1. The average Bonchev–Trinajstić information content (AvgIpc) is 2.42. The highest BCUT2D eigenvalue weighted by molar-refractivity contribution is 5.91. The van der Waals surface area contributed by atoms with E-state index in [1.54, 1.807) is 12.1 Å². The number of carbonyl (C=O) groups is 1. The van der Waals surface area contributed by atoms with Crippen molar-refractivity contribution in [3.05, 3.63) is 33.9 Å². The number of aryl methyl sites for hydroxylation is 1. The van der Waals surface area contributed by atoms with Crippen LogP contribution in [0.15, 0.2) is 18.2 Å². The van der Waals surface area contributed by atoms with E-state index in [2.05, 4.69) is 5.32 Å². The number of nitrogens with two attached hydrogens (primary N) is 1. The Kier molecular flexibility index (Phi) is 4.57. The molecule has 0 unspecified atom stereocenters. The number of anilines is 1. The predicted octanol–water partition coefficient (Wildman–Crippen LogP) is 2.61. The Morgan fingerprint density at radius 3 is 2.67 bits per heavy atom. The molecule has 0 aliphatic heterocycles. The number of nitro groups is 1. The summed E-state index contributed by atoms with van der Waals surface area (Å²) < 4.78 is 0. The first-order chi connectivity index (χ1) is 9.99. The molecular weight excluding hydrogens is 270 g/mol. The van der Waals surface area contributed by atoms with Gasteiger partial charge in [-0.2, -0.15) is 0 Å².